The lowest BCUT2D eigenvalue weighted by Crippen LogP contribution is -2.53. The van der Waals surface area contributed by atoms with E-state index in [0.717, 1.165) is 31.2 Å². The molecule has 0 aliphatic heterocycles. The van der Waals surface area contributed by atoms with Crippen molar-refractivity contribution in [2.45, 2.75) is 58.2 Å². The van der Waals surface area contributed by atoms with Crippen LogP contribution in [-0.2, 0) is 16.1 Å². The summed E-state index contributed by atoms with van der Waals surface area (Å²) in [6, 6.07) is 0.921. The molecule has 11 nitrogen and oxygen atoms in total. The van der Waals surface area contributed by atoms with E-state index in [1.807, 2.05) is 13.8 Å². The molecule has 1 heterocycles. The van der Waals surface area contributed by atoms with Gasteiger partial charge in [-0.3, -0.25) is 19.6 Å². The summed E-state index contributed by atoms with van der Waals surface area (Å²) in [5, 5.41) is 13.5. The molecule has 2 fully saturated rings. The number of hydrogen-bond donors (Lipinski definition) is 4. The van der Waals surface area contributed by atoms with Gasteiger partial charge in [-0.15, -0.1) is 5.10 Å². The monoisotopic (exact) mass is 496 g/mol. The van der Waals surface area contributed by atoms with Crippen molar-refractivity contribution >= 4 is 23.7 Å². The Labute approximate surface area is 211 Å². The number of hydrogen-bond acceptors (Lipinski definition) is 9. The molecule has 11 heteroatoms. The number of nitrogens with zero attached hydrogens (tertiary/aromatic N) is 4. The Kier molecular flexibility index (Phi) is 9.54. The van der Waals surface area contributed by atoms with Crippen molar-refractivity contribution in [2.75, 3.05) is 7.11 Å². The molecule has 36 heavy (non-hydrogen) atoms. The molecule has 3 rings (SSSR count). The van der Waals surface area contributed by atoms with Crippen LogP contribution in [0.2, 0.25) is 0 Å². The number of aliphatic imine (C=N–C) groups is 2. The predicted octanol–water partition coefficient (Wildman–Crippen LogP) is 1.22. The van der Waals surface area contributed by atoms with Crippen LogP contribution in [0.1, 0.15) is 45.1 Å². The molecule has 2 aliphatic carbocycles. The third-order valence-electron chi connectivity index (χ3n) is 6.07. The standard InChI is InChI=1S/C25H36N8O3/c1-15(2)30-20(8-10-26)23(34)32-22(21(16-4-5-16)17-6-7-17)24(35)31-19(12-27)14-28-13-18-9-11-29-33-25(18)36-3/h8-12,14-17,21-22H,4-7,13,26-27H2,1-3H3,(H,31,35)(H,32,34)/b10-8-,19-12+,28-14?,30-20?. The van der Waals surface area contributed by atoms with Crippen molar-refractivity contribution in [3.8, 4) is 5.88 Å². The number of methoxy groups -OCH3 is 1. The van der Waals surface area contributed by atoms with Crippen LogP contribution in [-0.4, -0.2) is 53.1 Å². The molecule has 2 saturated carbocycles. The van der Waals surface area contributed by atoms with Crippen LogP contribution in [0.15, 0.2) is 46.4 Å². The first-order chi connectivity index (χ1) is 17.4. The van der Waals surface area contributed by atoms with Gasteiger partial charge in [0.05, 0.1) is 25.5 Å². The number of amides is 2. The lowest BCUT2D eigenvalue weighted by atomic mass is 9.88. The zero-order chi connectivity index (χ0) is 26.1. The van der Waals surface area contributed by atoms with Crippen molar-refractivity contribution < 1.29 is 14.3 Å². The van der Waals surface area contributed by atoms with Crippen LogP contribution < -0.4 is 26.8 Å². The first kappa shape index (κ1) is 26.8. The summed E-state index contributed by atoms with van der Waals surface area (Å²) in [4.78, 5) is 35.3. The Hall–Kier alpha value is -3.76. The van der Waals surface area contributed by atoms with Crippen molar-refractivity contribution in [2.24, 2.45) is 39.2 Å². The van der Waals surface area contributed by atoms with Gasteiger partial charge in [0.1, 0.15) is 11.8 Å². The Morgan fingerprint density at radius 1 is 1.22 bits per heavy atom. The van der Waals surface area contributed by atoms with Crippen molar-refractivity contribution in [1.82, 2.24) is 20.8 Å². The molecule has 2 amide bonds. The molecule has 194 valence electrons. The van der Waals surface area contributed by atoms with Crippen molar-refractivity contribution in [3.05, 3.63) is 42.0 Å². The van der Waals surface area contributed by atoms with E-state index in [4.69, 9.17) is 16.2 Å². The van der Waals surface area contributed by atoms with E-state index in [0.29, 0.717) is 23.4 Å². The number of aromatic nitrogens is 2. The van der Waals surface area contributed by atoms with E-state index < -0.39 is 11.9 Å². The van der Waals surface area contributed by atoms with Gasteiger partial charge in [0.2, 0.25) is 11.8 Å². The van der Waals surface area contributed by atoms with Gasteiger partial charge in [0.25, 0.3) is 5.91 Å². The van der Waals surface area contributed by atoms with Gasteiger partial charge in [-0.05, 0) is 75.6 Å². The average molecular weight is 497 g/mol. The van der Waals surface area contributed by atoms with Crippen LogP contribution in [0.5, 0.6) is 5.88 Å². The fourth-order valence-corrected chi connectivity index (χ4v) is 4.21. The van der Waals surface area contributed by atoms with Crippen LogP contribution in [0, 0.1) is 17.8 Å². The lowest BCUT2D eigenvalue weighted by Gasteiger charge is -2.27. The normalized spacial score (nSPS) is 17.7. The second kappa shape index (κ2) is 12.8. The lowest BCUT2D eigenvalue weighted by molar-refractivity contribution is -0.127. The van der Waals surface area contributed by atoms with E-state index in [2.05, 4.69) is 30.8 Å². The van der Waals surface area contributed by atoms with E-state index in [9.17, 15) is 9.59 Å². The van der Waals surface area contributed by atoms with E-state index in [1.165, 1.54) is 31.8 Å². The third kappa shape index (κ3) is 7.62. The minimum absolute atomic E-state index is 0.0548. The summed E-state index contributed by atoms with van der Waals surface area (Å²) < 4.78 is 5.19. The largest absolute Gasteiger partial charge is 0.480 e. The number of nitrogens with one attached hydrogen (secondary N) is 2. The smallest absolute Gasteiger partial charge is 0.270 e. The molecule has 0 aromatic carbocycles. The molecule has 0 saturated heterocycles. The second-order valence-corrected chi connectivity index (χ2v) is 9.32. The number of rotatable bonds is 13. The Balaban J connectivity index is 1.75. The Morgan fingerprint density at radius 3 is 2.47 bits per heavy atom. The topological polar surface area (TPSA) is 170 Å². The summed E-state index contributed by atoms with van der Waals surface area (Å²) in [6.45, 7) is 4.00. The highest BCUT2D eigenvalue weighted by Crippen LogP contribution is 2.50. The van der Waals surface area contributed by atoms with E-state index in [-0.39, 0.29) is 30.1 Å². The molecule has 1 aromatic heterocycles. The first-order valence-electron chi connectivity index (χ1n) is 12.2. The van der Waals surface area contributed by atoms with Gasteiger partial charge in [-0.25, -0.2) is 0 Å². The minimum Gasteiger partial charge on any atom is -0.480 e. The number of carbonyl (C=O) groups is 2. The molecule has 1 unspecified atom stereocenters. The van der Waals surface area contributed by atoms with Gasteiger partial charge in [0, 0.05) is 24.0 Å². The fraction of sp³-hybridized carbons (Fsp3) is 0.520. The predicted molar refractivity (Wildman–Crippen MR) is 138 cm³/mol. The van der Waals surface area contributed by atoms with Gasteiger partial charge in [-0.2, -0.15) is 5.10 Å². The van der Waals surface area contributed by atoms with Gasteiger partial charge in [-0.1, -0.05) is 0 Å². The van der Waals surface area contributed by atoms with Crippen LogP contribution in [0.25, 0.3) is 0 Å². The average Bonchev–Trinajstić information content (AvgIpc) is 3.78. The molecule has 6 N–H and O–H groups in total. The highest BCUT2D eigenvalue weighted by molar-refractivity contribution is 6.43. The molecular formula is C25H36N8O3. The molecule has 0 spiro atoms. The molecule has 2 aliphatic rings. The number of carbonyl (C=O) groups excluding carboxylic acids is 2. The van der Waals surface area contributed by atoms with E-state index in [1.54, 1.807) is 12.3 Å². The van der Waals surface area contributed by atoms with E-state index >= 15 is 0 Å². The van der Waals surface area contributed by atoms with Crippen molar-refractivity contribution in [3.63, 3.8) is 0 Å². The van der Waals surface area contributed by atoms with Gasteiger partial charge < -0.3 is 26.8 Å². The molecular weight excluding hydrogens is 460 g/mol. The number of ether oxygens (including phenoxy) is 1. The molecule has 1 aromatic rings. The van der Waals surface area contributed by atoms with Crippen LogP contribution in [0.4, 0.5) is 0 Å². The Bertz CT molecular complexity index is 1030. The van der Waals surface area contributed by atoms with Gasteiger partial charge in [0.15, 0.2) is 0 Å². The summed E-state index contributed by atoms with van der Waals surface area (Å²) in [5.41, 5.74) is 12.6. The summed E-state index contributed by atoms with van der Waals surface area (Å²) in [6.07, 6.45) is 11.2. The maximum Gasteiger partial charge on any atom is 0.270 e. The molecule has 1 atom stereocenters. The fourth-order valence-electron chi connectivity index (χ4n) is 4.21. The van der Waals surface area contributed by atoms with Crippen LogP contribution >= 0.6 is 0 Å². The van der Waals surface area contributed by atoms with Crippen molar-refractivity contribution in [1.29, 1.82) is 0 Å². The first-order valence-corrected chi connectivity index (χ1v) is 12.2. The molecule has 0 bridgehead atoms. The maximum atomic E-state index is 13.5. The zero-order valence-corrected chi connectivity index (χ0v) is 21.1. The maximum absolute atomic E-state index is 13.5. The second-order valence-electron chi connectivity index (χ2n) is 9.32. The Morgan fingerprint density at radius 2 is 1.92 bits per heavy atom. The molecule has 0 radical (unpaired) electrons. The number of nitrogens with two attached hydrogens (primary N) is 2. The number of allylic oxidation sites excluding steroid dienone is 1. The SMILES string of the molecule is COc1nnccc1CN=C/C(=C\N)NC(=O)C(NC(=O)C(/C=C\N)=NC(C)C)C(C1CC1)C1CC1. The minimum atomic E-state index is -0.728. The summed E-state index contributed by atoms with van der Waals surface area (Å²) in [5.74, 6) is 0.491. The highest BCUT2D eigenvalue weighted by atomic mass is 16.5. The highest BCUT2D eigenvalue weighted by Gasteiger charge is 2.48. The van der Waals surface area contributed by atoms with Gasteiger partial charge >= 0.3 is 0 Å². The zero-order valence-electron chi connectivity index (χ0n) is 21.1. The summed E-state index contributed by atoms with van der Waals surface area (Å²) >= 11 is 0. The van der Waals surface area contributed by atoms with Crippen LogP contribution in [0.3, 0.4) is 0 Å². The third-order valence-corrected chi connectivity index (χ3v) is 6.07. The quantitative estimate of drug-likeness (QED) is 0.297. The summed E-state index contributed by atoms with van der Waals surface area (Å²) in [7, 11) is 1.51.